The normalized spacial score (nSPS) is 41.1. The highest BCUT2D eigenvalue weighted by molar-refractivity contribution is 5.79. The van der Waals surface area contributed by atoms with Crippen LogP contribution in [0.1, 0.15) is 39.0 Å². The van der Waals surface area contributed by atoms with E-state index in [2.05, 4.69) is 16.7 Å². The SMILES string of the molecule is C[C@@H]1CN2CCC[C@@H]2CN1C(=O)[C@@H]1CC[C@@H](N)C1. The number of amides is 1. The van der Waals surface area contributed by atoms with Crippen LogP contribution in [0.2, 0.25) is 0 Å². The van der Waals surface area contributed by atoms with Crippen molar-refractivity contribution < 1.29 is 4.79 Å². The Kier molecular flexibility index (Phi) is 3.32. The molecule has 102 valence electrons. The molecule has 2 aliphatic heterocycles. The Morgan fingerprint density at radius 1 is 1.22 bits per heavy atom. The molecule has 1 saturated carbocycles. The molecule has 1 aliphatic carbocycles. The summed E-state index contributed by atoms with van der Waals surface area (Å²) in [5, 5.41) is 0. The van der Waals surface area contributed by atoms with Gasteiger partial charge in [-0.05, 0) is 45.6 Å². The van der Waals surface area contributed by atoms with Gasteiger partial charge >= 0.3 is 0 Å². The molecule has 18 heavy (non-hydrogen) atoms. The monoisotopic (exact) mass is 251 g/mol. The number of carbonyl (C=O) groups excluding carboxylic acids is 1. The van der Waals surface area contributed by atoms with Crippen molar-refractivity contribution in [2.45, 2.75) is 57.2 Å². The van der Waals surface area contributed by atoms with Crippen LogP contribution in [0.5, 0.6) is 0 Å². The molecule has 0 radical (unpaired) electrons. The minimum Gasteiger partial charge on any atom is -0.337 e. The minimum absolute atomic E-state index is 0.204. The van der Waals surface area contributed by atoms with E-state index >= 15 is 0 Å². The quantitative estimate of drug-likeness (QED) is 0.750. The Labute approximate surface area is 109 Å². The second-order valence-electron chi connectivity index (χ2n) is 6.40. The summed E-state index contributed by atoms with van der Waals surface area (Å²) in [6.07, 6.45) is 5.48. The van der Waals surface area contributed by atoms with Gasteiger partial charge in [0.2, 0.25) is 5.91 Å². The lowest BCUT2D eigenvalue weighted by atomic mass is 10.0. The first-order valence-corrected chi connectivity index (χ1v) is 7.45. The lowest BCUT2D eigenvalue weighted by Crippen LogP contribution is -2.57. The van der Waals surface area contributed by atoms with Crippen molar-refractivity contribution in [3.63, 3.8) is 0 Å². The number of carbonyl (C=O) groups is 1. The van der Waals surface area contributed by atoms with Gasteiger partial charge in [0.25, 0.3) is 0 Å². The molecule has 2 saturated heterocycles. The van der Waals surface area contributed by atoms with Crippen molar-refractivity contribution in [3.05, 3.63) is 0 Å². The highest BCUT2D eigenvalue weighted by Crippen LogP contribution is 2.30. The molecule has 4 heteroatoms. The van der Waals surface area contributed by atoms with Crippen molar-refractivity contribution in [3.8, 4) is 0 Å². The number of fused-ring (bicyclic) bond motifs is 1. The zero-order valence-electron chi connectivity index (χ0n) is 11.3. The van der Waals surface area contributed by atoms with E-state index in [0.717, 1.165) is 32.4 Å². The Balaban J connectivity index is 1.66. The van der Waals surface area contributed by atoms with Crippen molar-refractivity contribution in [2.24, 2.45) is 11.7 Å². The van der Waals surface area contributed by atoms with E-state index in [4.69, 9.17) is 5.73 Å². The molecule has 0 aromatic carbocycles. The molecule has 4 nitrogen and oxygen atoms in total. The van der Waals surface area contributed by atoms with Crippen molar-refractivity contribution in [2.75, 3.05) is 19.6 Å². The predicted octanol–water partition coefficient (Wildman–Crippen LogP) is 0.809. The van der Waals surface area contributed by atoms with Gasteiger partial charge in [0.05, 0.1) is 0 Å². The number of rotatable bonds is 1. The lowest BCUT2D eigenvalue weighted by molar-refractivity contribution is -0.141. The predicted molar refractivity (Wildman–Crippen MR) is 71.1 cm³/mol. The van der Waals surface area contributed by atoms with Crippen LogP contribution in [0, 0.1) is 5.92 Å². The summed E-state index contributed by atoms with van der Waals surface area (Å²) >= 11 is 0. The fourth-order valence-corrected chi connectivity index (χ4v) is 3.97. The Morgan fingerprint density at radius 2 is 2.06 bits per heavy atom. The summed E-state index contributed by atoms with van der Waals surface area (Å²) in [4.78, 5) is 17.3. The van der Waals surface area contributed by atoms with Gasteiger partial charge in [0.15, 0.2) is 0 Å². The van der Waals surface area contributed by atoms with Crippen LogP contribution in [0.3, 0.4) is 0 Å². The highest BCUT2D eigenvalue weighted by atomic mass is 16.2. The molecule has 1 amide bonds. The molecule has 0 bridgehead atoms. The van der Waals surface area contributed by atoms with E-state index < -0.39 is 0 Å². The number of nitrogens with two attached hydrogens (primary N) is 1. The summed E-state index contributed by atoms with van der Waals surface area (Å²) in [7, 11) is 0. The van der Waals surface area contributed by atoms with Crippen LogP contribution in [0.4, 0.5) is 0 Å². The highest BCUT2D eigenvalue weighted by Gasteiger charge is 2.39. The Bertz CT molecular complexity index is 333. The van der Waals surface area contributed by atoms with Gasteiger partial charge in [-0.3, -0.25) is 9.69 Å². The molecule has 3 rings (SSSR count). The minimum atomic E-state index is 0.204. The molecule has 3 fully saturated rings. The Hall–Kier alpha value is -0.610. The van der Waals surface area contributed by atoms with Crippen LogP contribution in [0.25, 0.3) is 0 Å². The zero-order valence-corrected chi connectivity index (χ0v) is 11.3. The second kappa shape index (κ2) is 4.82. The van der Waals surface area contributed by atoms with Gasteiger partial charge in [0.1, 0.15) is 0 Å². The van der Waals surface area contributed by atoms with Crippen LogP contribution >= 0.6 is 0 Å². The summed E-state index contributed by atoms with van der Waals surface area (Å²) in [5.74, 6) is 0.581. The molecule has 3 aliphatic rings. The maximum atomic E-state index is 12.6. The van der Waals surface area contributed by atoms with Crippen LogP contribution < -0.4 is 5.73 Å². The van der Waals surface area contributed by atoms with Gasteiger partial charge in [0, 0.05) is 37.1 Å². The van der Waals surface area contributed by atoms with E-state index in [1.165, 1.54) is 19.4 Å². The fraction of sp³-hybridized carbons (Fsp3) is 0.929. The molecular weight excluding hydrogens is 226 g/mol. The van der Waals surface area contributed by atoms with Crippen molar-refractivity contribution in [1.82, 2.24) is 9.80 Å². The summed E-state index contributed by atoms with van der Waals surface area (Å²) in [5.41, 5.74) is 5.93. The van der Waals surface area contributed by atoms with Crippen LogP contribution in [-0.4, -0.2) is 53.5 Å². The number of hydrogen-bond donors (Lipinski definition) is 1. The van der Waals surface area contributed by atoms with Crippen molar-refractivity contribution in [1.29, 1.82) is 0 Å². The first-order valence-electron chi connectivity index (χ1n) is 7.45. The smallest absolute Gasteiger partial charge is 0.226 e. The van der Waals surface area contributed by atoms with E-state index in [-0.39, 0.29) is 12.0 Å². The van der Waals surface area contributed by atoms with E-state index in [9.17, 15) is 4.79 Å². The van der Waals surface area contributed by atoms with Gasteiger partial charge in [-0.15, -0.1) is 0 Å². The van der Waals surface area contributed by atoms with Gasteiger partial charge in [-0.25, -0.2) is 0 Å². The number of hydrogen-bond acceptors (Lipinski definition) is 3. The van der Waals surface area contributed by atoms with Crippen molar-refractivity contribution >= 4 is 5.91 Å². The topological polar surface area (TPSA) is 49.6 Å². The lowest BCUT2D eigenvalue weighted by Gasteiger charge is -2.43. The molecular formula is C14H25N3O. The number of nitrogens with zero attached hydrogens (tertiary/aromatic N) is 2. The summed E-state index contributed by atoms with van der Waals surface area (Å²) in [6.45, 7) is 5.44. The largest absolute Gasteiger partial charge is 0.337 e. The third kappa shape index (κ3) is 2.16. The van der Waals surface area contributed by atoms with Gasteiger partial charge < -0.3 is 10.6 Å². The zero-order chi connectivity index (χ0) is 12.7. The molecule has 0 unspecified atom stereocenters. The van der Waals surface area contributed by atoms with E-state index in [0.29, 0.717) is 18.0 Å². The van der Waals surface area contributed by atoms with Gasteiger partial charge in [-0.2, -0.15) is 0 Å². The first-order chi connectivity index (χ1) is 8.65. The third-order valence-electron chi connectivity index (χ3n) is 5.04. The summed E-state index contributed by atoms with van der Waals surface area (Å²) < 4.78 is 0. The van der Waals surface area contributed by atoms with Gasteiger partial charge in [-0.1, -0.05) is 0 Å². The van der Waals surface area contributed by atoms with Crippen LogP contribution in [-0.2, 0) is 4.79 Å². The van der Waals surface area contributed by atoms with E-state index in [1.807, 2.05) is 0 Å². The molecule has 0 aromatic heterocycles. The average Bonchev–Trinajstić information content (AvgIpc) is 2.95. The maximum absolute atomic E-state index is 12.6. The molecule has 2 N–H and O–H groups in total. The third-order valence-corrected chi connectivity index (χ3v) is 5.04. The Morgan fingerprint density at radius 3 is 2.78 bits per heavy atom. The van der Waals surface area contributed by atoms with Crippen LogP contribution in [0.15, 0.2) is 0 Å². The maximum Gasteiger partial charge on any atom is 0.226 e. The molecule has 2 heterocycles. The average molecular weight is 251 g/mol. The molecule has 0 spiro atoms. The first kappa shape index (κ1) is 12.4. The standard InChI is InChI=1S/C14H25N3O/c1-10-8-16-6-2-3-13(16)9-17(10)14(18)11-4-5-12(15)7-11/h10-13H,2-9,15H2,1H3/t10-,11-,12-,13-/m1/s1. The molecule has 4 atom stereocenters. The second-order valence-corrected chi connectivity index (χ2v) is 6.40. The number of piperazine rings is 1. The fourth-order valence-electron chi connectivity index (χ4n) is 3.97. The molecule has 0 aromatic rings. The summed E-state index contributed by atoms with van der Waals surface area (Å²) in [6, 6.07) is 1.26. The van der Waals surface area contributed by atoms with E-state index in [1.54, 1.807) is 0 Å².